The summed E-state index contributed by atoms with van der Waals surface area (Å²) in [6, 6.07) is 6.32. The fraction of sp³-hybridized carbons (Fsp3) is 0.647. The predicted molar refractivity (Wildman–Crippen MR) is 90.9 cm³/mol. The van der Waals surface area contributed by atoms with Crippen molar-refractivity contribution in [2.24, 2.45) is 5.92 Å². The van der Waals surface area contributed by atoms with Crippen molar-refractivity contribution >= 4 is 23.2 Å². The summed E-state index contributed by atoms with van der Waals surface area (Å²) >= 11 is 12.3. The number of hydrogen-bond acceptors (Lipinski definition) is 1. The van der Waals surface area contributed by atoms with E-state index in [2.05, 4.69) is 32.2 Å². The Morgan fingerprint density at radius 3 is 2.35 bits per heavy atom. The lowest BCUT2D eigenvalue weighted by Gasteiger charge is -2.23. The number of benzene rings is 1. The van der Waals surface area contributed by atoms with E-state index in [9.17, 15) is 0 Å². The Labute approximate surface area is 134 Å². The van der Waals surface area contributed by atoms with E-state index in [1.54, 1.807) is 0 Å². The summed E-state index contributed by atoms with van der Waals surface area (Å²) in [6.07, 6.45) is 5.84. The Morgan fingerprint density at radius 1 is 1.10 bits per heavy atom. The number of hydrogen-bond donors (Lipinski definition) is 1. The molecule has 0 radical (unpaired) electrons. The van der Waals surface area contributed by atoms with E-state index < -0.39 is 0 Å². The second-order valence-electron chi connectivity index (χ2n) is 5.51. The second kappa shape index (κ2) is 9.65. The molecule has 114 valence electrons. The molecule has 1 atom stereocenters. The SMILES string of the molecule is CCCNC(Cc1ccc(Cl)cc1Cl)CC(CC)CC. The summed E-state index contributed by atoms with van der Waals surface area (Å²) in [5.41, 5.74) is 1.19. The van der Waals surface area contributed by atoms with E-state index in [1.807, 2.05) is 12.1 Å². The van der Waals surface area contributed by atoms with Gasteiger partial charge in [-0.3, -0.25) is 0 Å². The van der Waals surface area contributed by atoms with Gasteiger partial charge in [-0.1, -0.05) is 62.9 Å². The predicted octanol–water partition coefficient (Wildman–Crippen LogP) is 5.73. The molecular formula is C17H27Cl2N. The molecule has 1 aromatic rings. The van der Waals surface area contributed by atoms with Gasteiger partial charge in [0.2, 0.25) is 0 Å². The fourth-order valence-electron chi connectivity index (χ4n) is 2.56. The largest absolute Gasteiger partial charge is 0.314 e. The van der Waals surface area contributed by atoms with Gasteiger partial charge >= 0.3 is 0 Å². The van der Waals surface area contributed by atoms with E-state index in [4.69, 9.17) is 23.2 Å². The van der Waals surface area contributed by atoms with Crippen LogP contribution in [0, 0.1) is 5.92 Å². The van der Waals surface area contributed by atoms with Crippen molar-refractivity contribution in [3.63, 3.8) is 0 Å². The van der Waals surface area contributed by atoms with E-state index in [0.29, 0.717) is 11.1 Å². The Morgan fingerprint density at radius 2 is 1.80 bits per heavy atom. The molecule has 0 heterocycles. The third-order valence-corrected chi connectivity index (χ3v) is 4.52. The minimum absolute atomic E-state index is 0.499. The monoisotopic (exact) mass is 315 g/mol. The van der Waals surface area contributed by atoms with E-state index >= 15 is 0 Å². The highest BCUT2D eigenvalue weighted by Crippen LogP contribution is 2.24. The van der Waals surface area contributed by atoms with Gasteiger partial charge < -0.3 is 5.32 Å². The standard InChI is InChI=1S/C17H27Cl2N/c1-4-9-20-16(10-13(5-2)6-3)11-14-7-8-15(18)12-17(14)19/h7-8,12-13,16,20H,4-6,9-11H2,1-3H3. The molecule has 0 aliphatic rings. The lowest BCUT2D eigenvalue weighted by atomic mass is 9.91. The minimum Gasteiger partial charge on any atom is -0.314 e. The molecule has 20 heavy (non-hydrogen) atoms. The topological polar surface area (TPSA) is 12.0 Å². The van der Waals surface area contributed by atoms with Crippen molar-refractivity contribution in [3.05, 3.63) is 33.8 Å². The molecule has 0 aliphatic carbocycles. The molecule has 0 saturated heterocycles. The third kappa shape index (κ3) is 6.03. The first-order valence-corrected chi connectivity index (χ1v) is 8.53. The fourth-order valence-corrected chi connectivity index (χ4v) is 3.05. The average Bonchev–Trinajstić information content (AvgIpc) is 2.44. The van der Waals surface area contributed by atoms with Gasteiger partial charge in [0.15, 0.2) is 0 Å². The molecule has 1 aromatic carbocycles. The summed E-state index contributed by atoms with van der Waals surface area (Å²) < 4.78 is 0. The molecule has 0 bridgehead atoms. The molecule has 1 N–H and O–H groups in total. The number of nitrogens with one attached hydrogen (secondary N) is 1. The molecule has 0 aromatic heterocycles. The molecule has 1 rings (SSSR count). The molecule has 0 spiro atoms. The number of halogens is 2. The highest BCUT2D eigenvalue weighted by molar-refractivity contribution is 6.35. The molecule has 0 aliphatic heterocycles. The van der Waals surface area contributed by atoms with Crippen molar-refractivity contribution in [2.45, 2.75) is 58.9 Å². The van der Waals surface area contributed by atoms with Gasteiger partial charge in [0.05, 0.1) is 0 Å². The van der Waals surface area contributed by atoms with Crippen molar-refractivity contribution in [3.8, 4) is 0 Å². The van der Waals surface area contributed by atoms with E-state index in [1.165, 1.54) is 24.8 Å². The first kappa shape index (κ1) is 17.8. The van der Waals surface area contributed by atoms with Crippen LogP contribution in [0.2, 0.25) is 10.0 Å². The van der Waals surface area contributed by atoms with Gasteiger partial charge in [0.1, 0.15) is 0 Å². The molecule has 0 saturated carbocycles. The number of rotatable bonds is 9. The van der Waals surface area contributed by atoms with Gasteiger partial charge in [0.25, 0.3) is 0 Å². The Hall–Kier alpha value is -0.240. The van der Waals surface area contributed by atoms with Gasteiger partial charge in [-0.25, -0.2) is 0 Å². The summed E-state index contributed by atoms with van der Waals surface area (Å²) in [5.74, 6) is 0.787. The first-order chi connectivity index (χ1) is 9.60. The van der Waals surface area contributed by atoms with Crippen LogP contribution < -0.4 is 5.32 Å². The Bertz CT molecular complexity index is 389. The van der Waals surface area contributed by atoms with Crippen molar-refractivity contribution in [2.75, 3.05) is 6.54 Å². The molecule has 3 heteroatoms. The van der Waals surface area contributed by atoms with E-state index in [0.717, 1.165) is 30.3 Å². The van der Waals surface area contributed by atoms with Crippen LogP contribution in [-0.4, -0.2) is 12.6 Å². The summed E-state index contributed by atoms with van der Waals surface area (Å²) in [6.45, 7) is 7.83. The van der Waals surface area contributed by atoms with Crippen LogP contribution in [0.1, 0.15) is 52.0 Å². The van der Waals surface area contributed by atoms with E-state index in [-0.39, 0.29) is 0 Å². The van der Waals surface area contributed by atoms with Crippen LogP contribution in [0.4, 0.5) is 0 Å². The Balaban J connectivity index is 2.72. The Kier molecular flexibility index (Phi) is 8.60. The molecule has 1 nitrogen and oxygen atoms in total. The zero-order chi connectivity index (χ0) is 15.0. The van der Waals surface area contributed by atoms with Crippen LogP contribution in [0.3, 0.4) is 0 Å². The quantitative estimate of drug-likeness (QED) is 0.613. The zero-order valence-electron chi connectivity index (χ0n) is 12.9. The first-order valence-electron chi connectivity index (χ1n) is 7.77. The van der Waals surface area contributed by atoms with Crippen molar-refractivity contribution in [1.82, 2.24) is 5.32 Å². The van der Waals surface area contributed by atoms with Crippen molar-refractivity contribution in [1.29, 1.82) is 0 Å². The van der Waals surface area contributed by atoms with Gasteiger partial charge in [-0.15, -0.1) is 0 Å². The van der Waals surface area contributed by atoms with Crippen molar-refractivity contribution < 1.29 is 0 Å². The zero-order valence-corrected chi connectivity index (χ0v) is 14.4. The lowest BCUT2D eigenvalue weighted by molar-refractivity contribution is 0.363. The molecular weight excluding hydrogens is 289 g/mol. The maximum absolute atomic E-state index is 6.30. The summed E-state index contributed by atoms with van der Waals surface area (Å²) in [4.78, 5) is 0. The average molecular weight is 316 g/mol. The smallest absolute Gasteiger partial charge is 0.0453 e. The second-order valence-corrected chi connectivity index (χ2v) is 6.35. The van der Waals surface area contributed by atoms with Crippen LogP contribution in [-0.2, 0) is 6.42 Å². The maximum atomic E-state index is 6.30. The van der Waals surface area contributed by atoms with Crippen LogP contribution in [0.25, 0.3) is 0 Å². The normalized spacial score (nSPS) is 12.9. The molecule has 1 unspecified atom stereocenters. The van der Waals surface area contributed by atoms with Gasteiger partial charge in [0, 0.05) is 16.1 Å². The molecule has 0 amide bonds. The highest BCUT2D eigenvalue weighted by Gasteiger charge is 2.15. The molecule has 0 fully saturated rings. The minimum atomic E-state index is 0.499. The lowest BCUT2D eigenvalue weighted by Crippen LogP contribution is -2.33. The summed E-state index contributed by atoms with van der Waals surface area (Å²) in [7, 11) is 0. The summed E-state index contributed by atoms with van der Waals surface area (Å²) in [5, 5.41) is 5.16. The van der Waals surface area contributed by atoms with Crippen LogP contribution in [0.15, 0.2) is 18.2 Å². The maximum Gasteiger partial charge on any atom is 0.0453 e. The van der Waals surface area contributed by atoms with Gasteiger partial charge in [-0.05, 0) is 49.4 Å². The van der Waals surface area contributed by atoms with Crippen LogP contribution >= 0.6 is 23.2 Å². The highest BCUT2D eigenvalue weighted by atomic mass is 35.5. The van der Waals surface area contributed by atoms with Crippen LogP contribution in [0.5, 0.6) is 0 Å². The van der Waals surface area contributed by atoms with Gasteiger partial charge in [-0.2, -0.15) is 0 Å². The third-order valence-electron chi connectivity index (χ3n) is 3.94.